The van der Waals surface area contributed by atoms with Gasteiger partial charge in [-0.15, -0.1) is 0 Å². The van der Waals surface area contributed by atoms with Gasteiger partial charge in [0.2, 0.25) is 0 Å². The largest absolute Gasteiger partial charge is 0.480 e. The second kappa shape index (κ2) is 3.85. The summed E-state index contributed by atoms with van der Waals surface area (Å²) in [5.41, 5.74) is 0. The Hall–Kier alpha value is -0.0900. The highest BCUT2D eigenvalue weighted by molar-refractivity contribution is 9.09. The Morgan fingerprint density at radius 2 is 2.22 bits per heavy atom. The lowest BCUT2D eigenvalue weighted by Crippen LogP contribution is -2.36. The zero-order valence-corrected chi connectivity index (χ0v) is 7.05. The highest BCUT2D eigenvalue weighted by atomic mass is 79.9. The van der Waals surface area contributed by atoms with Crippen LogP contribution in [-0.2, 0) is 4.79 Å². The van der Waals surface area contributed by atoms with E-state index in [1.54, 1.807) is 19.0 Å². The van der Waals surface area contributed by atoms with Gasteiger partial charge in [0.15, 0.2) is 0 Å². The molecule has 0 bridgehead atoms. The van der Waals surface area contributed by atoms with Crippen LogP contribution >= 0.6 is 15.9 Å². The maximum atomic E-state index is 10.3. The quantitative estimate of drug-likeness (QED) is 0.664. The molecule has 0 fully saturated rings. The summed E-state index contributed by atoms with van der Waals surface area (Å²) >= 11 is 3.09. The predicted octanol–water partition coefficient (Wildman–Crippen LogP) is 0.396. The highest BCUT2D eigenvalue weighted by Crippen LogP contribution is 1.97. The predicted molar refractivity (Wildman–Crippen MR) is 38.9 cm³/mol. The van der Waals surface area contributed by atoms with Crippen molar-refractivity contribution in [2.75, 3.05) is 19.4 Å². The number of aliphatic carboxylic acids is 1. The van der Waals surface area contributed by atoms with Gasteiger partial charge in [-0.05, 0) is 14.1 Å². The normalized spacial score (nSPS) is 13.8. The van der Waals surface area contributed by atoms with Crippen LogP contribution in [0.5, 0.6) is 0 Å². The molecule has 54 valence electrons. The molecule has 0 rings (SSSR count). The Morgan fingerprint density at radius 1 is 1.78 bits per heavy atom. The first-order valence-corrected chi connectivity index (χ1v) is 3.67. The van der Waals surface area contributed by atoms with Crippen LogP contribution in [0.4, 0.5) is 0 Å². The molecule has 9 heavy (non-hydrogen) atoms. The maximum absolute atomic E-state index is 10.3. The molecular formula is C5H10BrNO2. The Labute approximate surface area is 62.8 Å². The Bertz CT molecular complexity index is 105. The first-order valence-electron chi connectivity index (χ1n) is 2.54. The summed E-state index contributed by atoms with van der Waals surface area (Å²) in [6, 6.07) is -0.412. The zero-order chi connectivity index (χ0) is 7.44. The van der Waals surface area contributed by atoms with Gasteiger partial charge in [-0.2, -0.15) is 0 Å². The molecule has 0 saturated carbocycles. The SMILES string of the molecule is CN(C)[C@@H](CBr)C(=O)O. The minimum absolute atomic E-state index is 0.412. The van der Waals surface area contributed by atoms with Gasteiger partial charge < -0.3 is 5.11 Å². The summed E-state index contributed by atoms with van der Waals surface area (Å²) in [6.07, 6.45) is 0. The van der Waals surface area contributed by atoms with Crippen LogP contribution in [0, 0.1) is 0 Å². The van der Waals surface area contributed by atoms with E-state index in [1.807, 2.05) is 0 Å². The molecule has 0 spiro atoms. The second-order valence-electron chi connectivity index (χ2n) is 1.97. The Kier molecular flexibility index (Phi) is 3.81. The number of carbonyl (C=O) groups is 1. The molecule has 0 aromatic heterocycles. The van der Waals surface area contributed by atoms with Gasteiger partial charge in [-0.1, -0.05) is 15.9 Å². The van der Waals surface area contributed by atoms with E-state index in [4.69, 9.17) is 5.11 Å². The monoisotopic (exact) mass is 195 g/mol. The average molecular weight is 196 g/mol. The van der Waals surface area contributed by atoms with Crippen molar-refractivity contribution in [3.05, 3.63) is 0 Å². The lowest BCUT2D eigenvalue weighted by Gasteiger charge is -2.16. The lowest BCUT2D eigenvalue weighted by atomic mass is 10.3. The van der Waals surface area contributed by atoms with Crippen LogP contribution < -0.4 is 0 Å². The molecule has 1 N–H and O–H groups in total. The molecule has 0 saturated heterocycles. The number of alkyl halides is 1. The molecule has 4 heteroatoms. The molecule has 1 atom stereocenters. The Balaban J connectivity index is 3.83. The minimum Gasteiger partial charge on any atom is -0.480 e. The van der Waals surface area contributed by atoms with E-state index in [-0.39, 0.29) is 0 Å². The fourth-order valence-electron chi connectivity index (χ4n) is 0.425. The number of carboxylic acids is 1. The van der Waals surface area contributed by atoms with Gasteiger partial charge in [-0.3, -0.25) is 9.69 Å². The third-order valence-corrected chi connectivity index (χ3v) is 1.67. The molecule has 0 radical (unpaired) electrons. The first kappa shape index (κ1) is 8.91. The van der Waals surface area contributed by atoms with E-state index in [0.717, 1.165) is 0 Å². The maximum Gasteiger partial charge on any atom is 0.321 e. The summed E-state index contributed by atoms with van der Waals surface area (Å²) in [5, 5.41) is 8.94. The lowest BCUT2D eigenvalue weighted by molar-refractivity contribution is -0.141. The van der Waals surface area contributed by atoms with Crippen LogP contribution in [0.25, 0.3) is 0 Å². The third kappa shape index (κ3) is 2.81. The third-order valence-electron chi connectivity index (χ3n) is 1.05. The summed E-state index contributed by atoms with van der Waals surface area (Å²) in [5.74, 6) is -0.795. The van der Waals surface area contributed by atoms with Gasteiger partial charge in [0.1, 0.15) is 6.04 Å². The molecule has 0 amide bonds. The number of likely N-dealkylation sites (N-methyl/N-ethyl adjacent to an activating group) is 1. The standard InChI is InChI=1S/C5H10BrNO2/c1-7(2)4(3-6)5(8)9/h4H,3H2,1-2H3,(H,8,9)/t4-/m0/s1. The number of halogens is 1. The molecule has 0 aromatic rings. The van der Waals surface area contributed by atoms with Crippen LogP contribution in [0.1, 0.15) is 0 Å². The van der Waals surface area contributed by atoms with Crippen LogP contribution in [0.3, 0.4) is 0 Å². The molecule has 0 aliphatic heterocycles. The topological polar surface area (TPSA) is 40.5 Å². The van der Waals surface area contributed by atoms with Crippen molar-refractivity contribution in [2.24, 2.45) is 0 Å². The van der Waals surface area contributed by atoms with Gasteiger partial charge in [0, 0.05) is 5.33 Å². The van der Waals surface area contributed by atoms with Crippen LogP contribution in [0.2, 0.25) is 0 Å². The fourth-order valence-corrected chi connectivity index (χ4v) is 1.28. The highest BCUT2D eigenvalue weighted by Gasteiger charge is 2.16. The van der Waals surface area contributed by atoms with Crippen molar-refractivity contribution in [3.8, 4) is 0 Å². The molecule has 0 heterocycles. The fraction of sp³-hybridized carbons (Fsp3) is 0.800. The zero-order valence-electron chi connectivity index (χ0n) is 5.47. The van der Waals surface area contributed by atoms with Crippen LogP contribution in [0.15, 0.2) is 0 Å². The number of rotatable bonds is 3. The van der Waals surface area contributed by atoms with Gasteiger partial charge >= 0.3 is 5.97 Å². The number of carboxylic acid groups (broad SMARTS) is 1. The number of nitrogens with zero attached hydrogens (tertiary/aromatic N) is 1. The van der Waals surface area contributed by atoms with Crippen LogP contribution in [-0.4, -0.2) is 41.4 Å². The van der Waals surface area contributed by atoms with Gasteiger partial charge in [0.05, 0.1) is 0 Å². The number of hydrogen-bond donors (Lipinski definition) is 1. The van der Waals surface area contributed by atoms with E-state index in [0.29, 0.717) is 5.33 Å². The van der Waals surface area contributed by atoms with E-state index >= 15 is 0 Å². The van der Waals surface area contributed by atoms with E-state index in [2.05, 4.69) is 15.9 Å². The van der Waals surface area contributed by atoms with E-state index < -0.39 is 12.0 Å². The van der Waals surface area contributed by atoms with E-state index in [9.17, 15) is 4.79 Å². The summed E-state index contributed by atoms with van der Waals surface area (Å²) in [7, 11) is 3.47. The molecule has 0 unspecified atom stereocenters. The summed E-state index contributed by atoms with van der Waals surface area (Å²) in [6.45, 7) is 0. The molecule has 0 aliphatic rings. The van der Waals surface area contributed by atoms with Crippen molar-refractivity contribution in [3.63, 3.8) is 0 Å². The first-order chi connectivity index (χ1) is 4.09. The van der Waals surface area contributed by atoms with Gasteiger partial charge in [-0.25, -0.2) is 0 Å². The van der Waals surface area contributed by atoms with Crippen molar-refractivity contribution in [2.45, 2.75) is 6.04 Å². The van der Waals surface area contributed by atoms with Crippen molar-refractivity contribution >= 4 is 21.9 Å². The smallest absolute Gasteiger partial charge is 0.321 e. The second-order valence-corrected chi connectivity index (χ2v) is 2.62. The molecule has 3 nitrogen and oxygen atoms in total. The van der Waals surface area contributed by atoms with E-state index in [1.165, 1.54) is 0 Å². The van der Waals surface area contributed by atoms with Crippen molar-refractivity contribution < 1.29 is 9.90 Å². The molecular weight excluding hydrogens is 186 g/mol. The average Bonchev–Trinajstić information content (AvgIpc) is 1.64. The molecule has 0 aliphatic carbocycles. The van der Waals surface area contributed by atoms with Crippen molar-refractivity contribution in [1.29, 1.82) is 0 Å². The summed E-state index contributed by atoms with van der Waals surface area (Å²) in [4.78, 5) is 12.0. The number of hydrogen-bond acceptors (Lipinski definition) is 2. The summed E-state index contributed by atoms with van der Waals surface area (Å²) < 4.78 is 0. The van der Waals surface area contributed by atoms with Gasteiger partial charge in [0.25, 0.3) is 0 Å². The molecule has 0 aromatic carbocycles. The Morgan fingerprint density at radius 3 is 2.22 bits per heavy atom. The minimum atomic E-state index is -0.795. The van der Waals surface area contributed by atoms with Crippen molar-refractivity contribution in [1.82, 2.24) is 4.90 Å².